The number of halogens is 1. The molecule has 0 saturated carbocycles. The highest BCUT2D eigenvalue weighted by atomic mass is 79.9. The van der Waals surface area contributed by atoms with Gasteiger partial charge in [-0.15, -0.1) is 0 Å². The molecule has 2 atom stereocenters. The number of rotatable bonds is 3. The molecule has 1 aliphatic rings. The molecule has 98 valence electrons. The molecule has 1 aromatic carbocycles. The first-order valence-corrected chi connectivity index (χ1v) is 7.70. The predicted octanol–water partition coefficient (Wildman–Crippen LogP) is 3.61. The van der Waals surface area contributed by atoms with Crippen LogP contribution in [0.4, 0.5) is 0 Å². The molecule has 0 spiro atoms. The molecule has 0 bridgehead atoms. The largest absolute Gasteiger partial charge is 0.425 e. The molecular formula is C14H12BrNO2S. The van der Waals surface area contributed by atoms with E-state index in [1.54, 1.807) is 11.8 Å². The molecule has 1 aliphatic heterocycles. The van der Waals surface area contributed by atoms with Crippen molar-refractivity contribution in [2.75, 3.05) is 5.75 Å². The number of esters is 1. The molecule has 0 aliphatic carbocycles. The van der Waals surface area contributed by atoms with Gasteiger partial charge < -0.3 is 4.74 Å². The number of ether oxygens (including phenoxy) is 1. The van der Waals surface area contributed by atoms with Gasteiger partial charge in [0.15, 0.2) is 5.92 Å². The molecule has 0 radical (unpaired) electrons. The Bertz CT molecular complexity index is 548. The van der Waals surface area contributed by atoms with Crippen LogP contribution in [0.3, 0.4) is 0 Å². The number of cyclic esters (lactones) is 1. The van der Waals surface area contributed by atoms with Crippen molar-refractivity contribution >= 4 is 39.4 Å². The van der Waals surface area contributed by atoms with E-state index in [2.05, 4.69) is 15.9 Å². The van der Waals surface area contributed by atoms with E-state index in [-0.39, 0.29) is 5.25 Å². The maximum absolute atomic E-state index is 11.9. The Morgan fingerprint density at radius 3 is 2.68 bits per heavy atom. The van der Waals surface area contributed by atoms with Crippen LogP contribution in [0.1, 0.15) is 12.5 Å². The summed E-state index contributed by atoms with van der Waals surface area (Å²) in [7, 11) is 0. The van der Waals surface area contributed by atoms with Gasteiger partial charge in [0.2, 0.25) is 0 Å². The third kappa shape index (κ3) is 3.20. The highest BCUT2D eigenvalue weighted by Crippen LogP contribution is 2.32. The zero-order valence-corrected chi connectivity index (χ0v) is 12.7. The van der Waals surface area contributed by atoms with Crippen molar-refractivity contribution in [3.63, 3.8) is 0 Å². The number of nitriles is 1. The first-order chi connectivity index (χ1) is 9.15. The van der Waals surface area contributed by atoms with Gasteiger partial charge in [-0.1, -0.05) is 35.0 Å². The summed E-state index contributed by atoms with van der Waals surface area (Å²) >= 11 is 4.95. The average molecular weight is 338 g/mol. The van der Waals surface area contributed by atoms with E-state index in [0.29, 0.717) is 5.76 Å². The molecule has 19 heavy (non-hydrogen) atoms. The molecule has 1 heterocycles. The van der Waals surface area contributed by atoms with Gasteiger partial charge in [-0.3, -0.25) is 4.79 Å². The fraction of sp³-hybridized carbons (Fsp3) is 0.286. The van der Waals surface area contributed by atoms with E-state index >= 15 is 0 Å². The fourth-order valence-electron chi connectivity index (χ4n) is 1.82. The summed E-state index contributed by atoms with van der Waals surface area (Å²) in [5.74, 6) is 0.202. The molecule has 1 aromatic rings. The van der Waals surface area contributed by atoms with Gasteiger partial charge in [0.25, 0.3) is 0 Å². The number of thioether (sulfide) groups is 1. The molecule has 2 rings (SSSR count). The van der Waals surface area contributed by atoms with E-state index < -0.39 is 11.9 Å². The van der Waals surface area contributed by atoms with Crippen LogP contribution < -0.4 is 0 Å². The zero-order chi connectivity index (χ0) is 13.8. The molecule has 0 saturated heterocycles. The smallest absolute Gasteiger partial charge is 0.330 e. The summed E-state index contributed by atoms with van der Waals surface area (Å²) in [6.07, 6.45) is 1.87. The Kier molecular flexibility index (Phi) is 4.67. The van der Waals surface area contributed by atoms with Gasteiger partial charge in [0.1, 0.15) is 5.76 Å². The van der Waals surface area contributed by atoms with Crippen molar-refractivity contribution in [3.8, 4) is 6.07 Å². The molecule has 3 nitrogen and oxygen atoms in total. The molecule has 0 aromatic heterocycles. The number of hydrogen-bond acceptors (Lipinski definition) is 4. The lowest BCUT2D eigenvalue weighted by Crippen LogP contribution is -2.29. The van der Waals surface area contributed by atoms with Crippen LogP contribution in [-0.2, 0) is 9.53 Å². The van der Waals surface area contributed by atoms with E-state index in [4.69, 9.17) is 10.00 Å². The minimum Gasteiger partial charge on any atom is -0.425 e. The van der Waals surface area contributed by atoms with Crippen molar-refractivity contribution in [1.29, 1.82) is 5.26 Å². The Balaban J connectivity index is 2.33. The van der Waals surface area contributed by atoms with Gasteiger partial charge in [0.05, 0.1) is 11.3 Å². The van der Waals surface area contributed by atoms with Crippen LogP contribution in [0, 0.1) is 17.2 Å². The Hall–Kier alpha value is -1.25. The van der Waals surface area contributed by atoms with Crippen LogP contribution in [-0.4, -0.2) is 17.0 Å². The van der Waals surface area contributed by atoms with Crippen LogP contribution >= 0.6 is 27.7 Å². The van der Waals surface area contributed by atoms with E-state index in [1.165, 1.54) is 0 Å². The standard InChI is InChI=1S/C14H12BrNO2S/c1-2-19-13-7-12(18-14(17)11(13)8-16)9-3-5-10(15)6-4-9/h3-7,11,13H,2H2,1H3/t11-,13+/m0/s1. The van der Waals surface area contributed by atoms with Crippen molar-refractivity contribution in [1.82, 2.24) is 0 Å². The second kappa shape index (κ2) is 6.27. The monoisotopic (exact) mass is 337 g/mol. The number of benzene rings is 1. The number of hydrogen-bond donors (Lipinski definition) is 0. The Morgan fingerprint density at radius 2 is 2.11 bits per heavy atom. The lowest BCUT2D eigenvalue weighted by Gasteiger charge is -2.24. The maximum atomic E-state index is 11.9. The molecule has 5 heteroatoms. The van der Waals surface area contributed by atoms with Crippen LogP contribution in [0.2, 0.25) is 0 Å². The first-order valence-electron chi connectivity index (χ1n) is 5.86. The highest BCUT2D eigenvalue weighted by molar-refractivity contribution is 9.10. The van der Waals surface area contributed by atoms with Crippen LogP contribution in [0.5, 0.6) is 0 Å². The number of nitrogens with zero attached hydrogens (tertiary/aromatic N) is 1. The zero-order valence-electron chi connectivity index (χ0n) is 10.3. The van der Waals surface area contributed by atoms with Gasteiger partial charge in [-0.2, -0.15) is 17.0 Å². The second-order valence-corrected chi connectivity index (χ2v) is 6.36. The Morgan fingerprint density at radius 1 is 1.42 bits per heavy atom. The van der Waals surface area contributed by atoms with Gasteiger partial charge >= 0.3 is 5.97 Å². The predicted molar refractivity (Wildman–Crippen MR) is 79.2 cm³/mol. The van der Waals surface area contributed by atoms with E-state index in [9.17, 15) is 4.79 Å². The SMILES string of the molecule is CCS[C@@H]1C=C(c2ccc(Br)cc2)OC(=O)[C@H]1C#N. The van der Waals surface area contributed by atoms with Crippen molar-refractivity contribution in [2.24, 2.45) is 5.92 Å². The summed E-state index contributed by atoms with van der Waals surface area (Å²) < 4.78 is 6.23. The molecule has 0 N–H and O–H groups in total. The van der Waals surface area contributed by atoms with Crippen LogP contribution in [0.25, 0.3) is 5.76 Å². The summed E-state index contributed by atoms with van der Waals surface area (Å²) in [6, 6.07) is 9.56. The van der Waals surface area contributed by atoms with E-state index in [0.717, 1.165) is 15.8 Å². The average Bonchev–Trinajstić information content (AvgIpc) is 2.39. The third-order valence-corrected chi connectivity index (χ3v) is 4.39. The minimum absolute atomic E-state index is 0.144. The van der Waals surface area contributed by atoms with Crippen molar-refractivity contribution in [3.05, 3.63) is 40.4 Å². The van der Waals surface area contributed by atoms with Crippen molar-refractivity contribution in [2.45, 2.75) is 12.2 Å². The quantitative estimate of drug-likeness (QED) is 0.790. The summed E-state index contributed by atoms with van der Waals surface area (Å²) in [5, 5.41) is 8.91. The summed E-state index contributed by atoms with van der Waals surface area (Å²) in [4.78, 5) is 11.9. The second-order valence-electron chi connectivity index (χ2n) is 3.99. The highest BCUT2D eigenvalue weighted by Gasteiger charge is 2.34. The molecule has 0 unspecified atom stereocenters. The third-order valence-electron chi connectivity index (χ3n) is 2.74. The molecule has 0 fully saturated rings. The van der Waals surface area contributed by atoms with E-state index in [1.807, 2.05) is 43.3 Å². The Labute approximate surface area is 124 Å². The van der Waals surface area contributed by atoms with Gasteiger partial charge in [-0.05, 0) is 24.0 Å². The van der Waals surface area contributed by atoms with Gasteiger partial charge in [-0.25, -0.2) is 0 Å². The number of carbonyl (C=O) groups excluding carboxylic acids is 1. The number of carbonyl (C=O) groups is 1. The van der Waals surface area contributed by atoms with Crippen molar-refractivity contribution < 1.29 is 9.53 Å². The lowest BCUT2D eigenvalue weighted by atomic mass is 10.0. The lowest BCUT2D eigenvalue weighted by molar-refractivity contribution is -0.139. The maximum Gasteiger partial charge on any atom is 0.330 e. The first kappa shape index (κ1) is 14.2. The molecule has 0 amide bonds. The van der Waals surface area contributed by atoms with Gasteiger partial charge in [0, 0.05) is 10.0 Å². The summed E-state index contributed by atoms with van der Waals surface area (Å²) in [5.41, 5.74) is 0.842. The normalized spacial score (nSPS) is 22.4. The topological polar surface area (TPSA) is 50.1 Å². The van der Waals surface area contributed by atoms with Crippen LogP contribution in [0.15, 0.2) is 34.8 Å². The fourth-order valence-corrected chi connectivity index (χ4v) is 3.05. The minimum atomic E-state index is -0.718. The molecular weight excluding hydrogens is 326 g/mol. The summed E-state index contributed by atoms with van der Waals surface area (Å²) in [6.45, 7) is 2.01.